The van der Waals surface area contributed by atoms with Gasteiger partial charge in [0.15, 0.2) is 0 Å². The van der Waals surface area contributed by atoms with Gasteiger partial charge < -0.3 is 19.1 Å². The number of carbonyl (C=O) groups excluding carboxylic acids is 1. The van der Waals surface area contributed by atoms with Crippen LogP contribution in [-0.2, 0) is 17.7 Å². The first-order chi connectivity index (χ1) is 18.7. The molecule has 0 spiro atoms. The number of rotatable bonds is 10. The van der Waals surface area contributed by atoms with Gasteiger partial charge in [-0.3, -0.25) is 4.79 Å². The molecule has 0 aliphatic carbocycles. The molecule has 2 heterocycles. The summed E-state index contributed by atoms with van der Waals surface area (Å²) in [5, 5.41) is 4.94. The molecular weight excluding hydrogens is 478 g/mol. The number of methoxy groups -OCH3 is 1. The normalized spacial score (nSPS) is 14.8. The molecule has 0 bridgehead atoms. The second-order valence-electron chi connectivity index (χ2n) is 9.30. The van der Waals surface area contributed by atoms with Crippen molar-refractivity contribution in [3.05, 3.63) is 102 Å². The van der Waals surface area contributed by atoms with E-state index in [4.69, 9.17) is 19.3 Å². The number of nitrogens with zero attached hydrogens (tertiary/aromatic N) is 3. The highest BCUT2D eigenvalue weighted by atomic mass is 16.5. The van der Waals surface area contributed by atoms with Crippen LogP contribution >= 0.6 is 0 Å². The molecule has 7 heteroatoms. The molecule has 1 saturated heterocycles. The zero-order chi connectivity index (χ0) is 26.3. The van der Waals surface area contributed by atoms with Crippen LogP contribution in [0.3, 0.4) is 0 Å². The van der Waals surface area contributed by atoms with Crippen molar-refractivity contribution in [1.82, 2.24) is 14.7 Å². The second kappa shape index (κ2) is 12.0. The highest BCUT2D eigenvalue weighted by molar-refractivity contribution is 5.94. The lowest BCUT2D eigenvalue weighted by molar-refractivity contribution is 0.0505. The van der Waals surface area contributed by atoms with Gasteiger partial charge in [0.25, 0.3) is 5.91 Å². The highest BCUT2D eigenvalue weighted by Crippen LogP contribution is 2.33. The van der Waals surface area contributed by atoms with E-state index in [1.54, 1.807) is 13.2 Å². The molecule has 0 radical (unpaired) electrons. The molecule has 1 aliphatic rings. The SMILES string of the molecule is CCc1nn(-c2ccccc2)c(Oc2ccccc2)c1CN(C[C@@H]1CCCO1)C(=O)c1cccc(OC)c1. The van der Waals surface area contributed by atoms with Gasteiger partial charge in [-0.25, -0.2) is 4.68 Å². The van der Waals surface area contributed by atoms with E-state index in [-0.39, 0.29) is 12.0 Å². The molecule has 1 atom stereocenters. The molecule has 4 aromatic rings. The largest absolute Gasteiger partial charge is 0.497 e. The van der Waals surface area contributed by atoms with E-state index in [1.165, 1.54) is 0 Å². The van der Waals surface area contributed by atoms with E-state index in [9.17, 15) is 4.79 Å². The summed E-state index contributed by atoms with van der Waals surface area (Å²) in [7, 11) is 1.60. The summed E-state index contributed by atoms with van der Waals surface area (Å²) in [5.41, 5.74) is 3.23. The van der Waals surface area contributed by atoms with E-state index in [0.29, 0.717) is 42.5 Å². The summed E-state index contributed by atoms with van der Waals surface area (Å²) >= 11 is 0. The van der Waals surface area contributed by atoms with E-state index in [2.05, 4.69) is 6.92 Å². The lowest BCUT2D eigenvalue weighted by Gasteiger charge is -2.26. The Morgan fingerprint density at radius 2 is 1.76 bits per heavy atom. The molecular formula is C31H33N3O4. The summed E-state index contributed by atoms with van der Waals surface area (Å²) in [6.45, 7) is 3.62. The van der Waals surface area contributed by atoms with E-state index < -0.39 is 0 Å². The van der Waals surface area contributed by atoms with E-state index in [0.717, 1.165) is 36.4 Å². The number of carbonyl (C=O) groups is 1. The smallest absolute Gasteiger partial charge is 0.254 e. The van der Waals surface area contributed by atoms with Gasteiger partial charge in [-0.1, -0.05) is 49.4 Å². The molecule has 1 aliphatic heterocycles. The van der Waals surface area contributed by atoms with E-state index >= 15 is 0 Å². The second-order valence-corrected chi connectivity index (χ2v) is 9.30. The Balaban J connectivity index is 1.57. The number of aromatic nitrogens is 2. The molecule has 0 N–H and O–H groups in total. The molecule has 1 amide bonds. The molecule has 1 fully saturated rings. The summed E-state index contributed by atoms with van der Waals surface area (Å²) < 4.78 is 19.6. The highest BCUT2D eigenvalue weighted by Gasteiger charge is 2.28. The minimum Gasteiger partial charge on any atom is -0.497 e. The summed E-state index contributed by atoms with van der Waals surface area (Å²) in [4.78, 5) is 15.8. The monoisotopic (exact) mass is 511 g/mol. The van der Waals surface area contributed by atoms with Gasteiger partial charge in [-0.05, 0) is 61.7 Å². The van der Waals surface area contributed by atoms with E-state index in [1.807, 2.05) is 88.4 Å². The summed E-state index contributed by atoms with van der Waals surface area (Å²) in [5.74, 6) is 1.88. The van der Waals surface area contributed by atoms with Gasteiger partial charge in [0, 0.05) is 18.7 Å². The van der Waals surface area contributed by atoms with Crippen LogP contribution < -0.4 is 9.47 Å². The van der Waals surface area contributed by atoms with Crippen molar-refractivity contribution in [2.24, 2.45) is 0 Å². The number of hydrogen-bond acceptors (Lipinski definition) is 5. The fourth-order valence-corrected chi connectivity index (χ4v) is 4.75. The Labute approximate surface area is 223 Å². The third-order valence-corrected chi connectivity index (χ3v) is 6.71. The fourth-order valence-electron chi connectivity index (χ4n) is 4.75. The lowest BCUT2D eigenvalue weighted by Crippen LogP contribution is -2.37. The minimum atomic E-state index is -0.0837. The van der Waals surface area contributed by atoms with Gasteiger partial charge in [0.1, 0.15) is 11.5 Å². The maximum Gasteiger partial charge on any atom is 0.254 e. The number of hydrogen-bond donors (Lipinski definition) is 0. The molecule has 0 saturated carbocycles. The molecule has 5 rings (SSSR count). The number of ether oxygens (including phenoxy) is 3. The predicted octanol–water partition coefficient (Wildman–Crippen LogP) is 6.06. The van der Waals surface area contributed by atoms with Crippen LogP contribution in [0.5, 0.6) is 17.4 Å². The van der Waals surface area contributed by atoms with Crippen molar-refractivity contribution < 1.29 is 19.0 Å². The first kappa shape index (κ1) is 25.5. The standard InChI is InChI=1S/C31H33N3O4/c1-3-29-28(31(38-25-15-8-5-9-16-25)34(32-29)24-13-6-4-7-14-24)22-33(21-27-18-11-19-37-27)30(35)23-12-10-17-26(20-23)36-2/h4-10,12-17,20,27H,3,11,18-19,21-22H2,1-2H3/t27-/m0/s1. The van der Waals surface area contributed by atoms with Crippen LogP contribution in [0.15, 0.2) is 84.9 Å². The fraction of sp³-hybridized carbons (Fsp3) is 0.290. The zero-order valence-electron chi connectivity index (χ0n) is 21.9. The minimum absolute atomic E-state index is 0.00251. The van der Waals surface area contributed by atoms with Gasteiger partial charge in [-0.15, -0.1) is 0 Å². The lowest BCUT2D eigenvalue weighted by atomic mass is 10.1. The summed E-state index contributed by atoms with van der Waals surface area (Å²) in [6, 6.07) is 26.9. The Morgan fingerprint density at radius 3 is 2.45 bits per heavy atom. The van der Waals surface area contributed by atoms with Gasteiger partial charge in [0.2, 0.25) is 5.88 Å². The van der Waals surface area contributed by atoms with Crippen LogP contribution in [0, 0.1) is 0 Å². The number of benzene rings is 3. The van der Waals surface area contributed by atoms with Crippen LogP contribution in [0.1, 0.15) is 41.4 Å². The average molecular weight is 512 g/mol. The van der Waals surface area contributed by atoms with Crippen LogP contribution in [0.25, 0.3) is 5.69 Å². The maximum absolute atomic E-state index is 13.9. The maximum atomic E-state index is 13.9. The van der Waals surface area contributed by atoms with Crippen molar-refractivity contribution >= 4 is 5.91 Å². The number of para-hydroxylation sites is 2. The molecule has 38 heavy (non-hydrogen) atoms. The van der Waals surface area contributed by atoms with Crippen LogP contribution in [0.2, 0.25) is 0 Å². The molecule has 0 unspecified atom stereocenters. The predicted molar refractivity (Wildman–Crippen MR) is 146 cm³/mol. The third-order valence-electron chi connectivity index (χ3n) is 6.71. The van der Waals surface area contributed by atoms with Crippen molar-refractivity contribution in [3.8, 4) is 23.1 Å². The zero-order valence-corrected chi connectivity index (χ0v) is 21.9. The average Bonchev–Trinajstić information content (AvgIpc) is 3.61. The molecule has 3 aromatic carbocycles. The van der Waals surface area contributed by atoms with Gasteiger partial charge in [0.05, 0.1) is 36.7 Å². The number of aryl methyl sites for hydroxylation is 1. The Bertz CT molecular complexity index is 1350. The Kier molecular flexibility index (Phi) is 8.04. The topological polar surface area (TPSA) is 65.8 Å². The van der Waals surface area contributed by atoms with Crippen LogP contribution in [-0.4, -0.2) is 47.0 Å². The Hall–Kier alpha value is -4.10. The third kappa shape index (κ3) is 5.73. The molecule has 7 nitrogen and oxygen atoms in total. The number of amides is 1. The van der Waals surface area contributed by atoms with Crippen molar-refractivity contribution in [1.29, 1.82) is 0 Å². The first-order valence-corrected chi connectivity index (χ1v) is 13.1. The van der Waals surface area contributed by atoms with Gasteiger partial charge in [-0.2, -0.15) is 5.10 Å². The van der Waals surface area contributed by atoms with Gasteiger partial charge >= 0.3 is 0 Å². The van der Waals surface area contributed by atoms with Crippen molar-refractivity contribution in [2.75, 3.05) is 20.3 Å². The van der Waals surface area contributed by atoms with Crippen LogP contribution in [0.4, 0.5) is 0 Å². The van der Waals surface area contributed by atoms with Crippen molar-refractivity contribution in [3.63, 3.8) is 0 Å². The molecule has 1 aromatic heterocycles. The Morgan fingerprint density at radius 1 is 1.03 bits per heavy atom. The summed E-state index contributed by atoms with van der Waals surface area (Å²) in [6.07, 6.45) is 2.62. The molecule has 196 valence electrons. The first-order valence-electron chi connectivity index (χ1n) is 13.1. The van der Waals surface area contributed by atoms with Crippen molar-refractivity contribution in [2.45, 2.75) is 38.8 Å². The quantitative estimate of drug-likeness (QED) is 0.259.